The highest BCUT2D eigenvalue weighted by Crippen LogP contribution is 2.33. The van der Waals surface area contributed by atoms with Crippen LogP contribution in [0.4, 0.5) is 5.69 Å². The maximum atomic E-state index is 13.2. The van der Waals surface area contributed by atoms with Crippen LogP contribution in [-0.2, 0) is 9.59 Å². The summed E-state index contributed by atoms with van der Waals surface area (Å²) in [5.41, 5.74) is 2.66. The van der Waals surface area contributed by atoms with Gasteiger partial charge in [-0.3, -0.25) is 14.5 Å². The van der Waals surface area contributed by atoms with Gasteiger partial charge in [-0.25, -0.2) is 0 Å². The third-order valence-corrected chi connectivity index (χ3v) is 6.31. The zero-order valence-electron chi connectivity index (χ0n) is 18.8. The normalized spacial score (nSPS) is 13.8. The van der Waals surface area contributed by atoms with Gasteiger partial charge in [0.1, 0.15) is 23.8 Å². The topological polar surface area (TPSA) is 67.9 Å². The molecule has 33 heavy (non-hydrogen) atoms. The molecule has 2 aromatic carbocycles. The minimum atomic E-state index is -0.352. The highest BCUT2D eigenvalue weighted by atomic mass is 32.1. The van der Waals surface area contributed by atoms with Gasteiger partial charge in [-0.1, -0.05) is 32.0 Å². The summed E-state index contributed by atoms with van der Waals surface area (Å²) >= 11 is 1.43. The van der Waals surface area contributed by atoms with E-state index < -0.39 is 0 Å². The molecule has 2 heterocycles. The zero-order valence-corrected chi connectivity index (χ0v) is 19.6. The smallest absolute Gasteiger partial charge is 0.278 e. The Balaban J connectivity index is 1.51. The van der Waals surface area contributed by atoms with Gasteiger partial charge >= 0.3 is 0 Å². The van der Waals surface area contributed by atoms with Gasteiger partial charge in [0.15, 0.2) is 0 Å². The van der Waals surface area contributed by atoms with Gasteiger partial charge in [0.2, 0.25) is 0 Å². The average Bonchev–Trinajstić information content (AvgIpc) is 3.42. The molecule has 0 atom stereocenters. The number of nitrogens with one attached hydrogen (secondary N) is 1. The molecule has 2 amide bonds. The standard InChI is InChI=1S/C26H26N2O4S/c1-17(2)18-6-8-19(9-7-18)27-24-23(22-5-4-16-33-22)25(29)28(26(24)30)14-15-32-21-12-10-20(31-3)11-13-21/h4-13,16-17,27H,14-15H2,1-3H3. The first-order valence-corrected chi connectivity index (χ1v) is 11.6. The van der Waals surface area contributed by atoms with E-state index in [1.807, 2.05) is 41.8 Å². The lowest BCUT2D eigenvalue weighted by Gasteiger charge is -2.16. The first-order chi connectivity index (χ1) is 16.0. The van der Waals surface area contributed by atoms with Crippen molar-refractivity contribution in [1.82, 2.24) is 4.90 Å². The summed E-state index contributed by atoms with van der Waals surface area (Å²) < 4.78 is 10.9. The van der Waals surface area contributed by atoms with Crippen LogP contribution >= 0.6 is 11.3 Å². The number of methoxy groups -OCH3 is 1. The number of rotatable bonds is 9. The second-order valence-electron chi connectivity index (χ2n) is 7.91. The molecule has 0 radical (unpaired) electrons. The molecule has 1 aliphatic heterocycles. The fourth-order valence-corrected chi connectivity index (χ4v) is 4.33. The van der Waals surface area contributed by atoms with Crippen molar-refractivity contribution in [2.45, 2.75) is 19.8 Å². The van der Waals surface area contributed by atoms with Gasteiger partial charge in [0, 0.05) is 10.6 Å². The third-order valence-electron chi connectivity index (χ3n) is 5.43. The van der Waals surface area contributed by atoms with E-state index in [1.165, 1.54) is 21.8 Å². The van der Waals surface area contributed by atoms with Crippen LogP contribution in [0, 0.1) is 0 Å². The average molecular weight is 463 g/mol. The molecule has 0 spiro atoms. The first kappa shape index (κ1) is 22.6. The Morgan fingerprint density at radius 1 is 0.939 bits per heavy atom. The van der Waals surface area contributed by atoms with Gasteiger partial charge in [-0.05, 0) is 59.3 Å². The van der Waals surface area contributed by atoms with E-state index in [1.54, 1.807) is 31.4 Å². The minimum Gasteiger partial charge on any atom is -0.497 e. The Bertz CT molecular complexity index is 1150. The number of hydrogen-bond donors (Lipinski definition) is 1. The van der Waals surface area contributed by atoms with Crippen molar-refractivity contribution in [3.63, 3.8) is 0 Å². The third kappa shape index (κ3) is 4.93. The Kier molecular flexibility index (Phi) is 6.79. The van der Waals surface area contributed by atoms with E-state index in [2.05, 4.69) is 19.2 Å². The minimum absolute atomic E-state index is 0.149. The van der Waals surface area contributed by atoms with Crippen molar-refractivity contribution in [2.75, 3.05) is 25.6 Å². The molecule has 4 rings (SSSR count). The summed E-state index contributed by atoms with van der Waals surface area (Å²) in [4.78, 5) is 28.5. The van der Waals surface area contributed by atoms with Crippen molar-refractivity contribution in [2.24, 2.45) is 0 Å². The molecule has 6 nitrogen and oxygen atoms in total. The van der Waals surface area contributed by atoms with E-state index in [9.17, 15) is 9.59 Å². The van der Waals surface area contributed by atoms with Gasteiger partial charge in [0.05, 0.1) is 19.2 Å². The van der Waals surface area contributed by atoms with Gasteiger partial charge < -0.3 is 14.8 Å². The van der Waals surface area contributed by atoms with Crippen LogP contribution < -0.4 is 14.8 Å². The number of hydrogen-bond acceptors (Lipinski definition) is 6. The number of thiophene rings is 1. The predicted octanol–water partition coefficient (Wildman–Crippen LogP) is 5.15. The van der Waals surface area contributed by atoms with Crippen LogP contribution in [0.2, 0.25) is 0 Å². The number of imide groups is 1. The number of anilines is 1. The van der Waals surface area contributed by atoms with Crippen molar-refractivity contribution < 1.29 is 19.1 Å². The summed E-state index contributed by atoms with van der Waals surface area (Å²) in [5, 5.41) is 5.09. The van der Waals surface area contributed by atoms with E-state index >= 15 is 0 Å². The summed E-state index contributed by atoms with van der Waals surface area (Å²) in [5.74, 6) is 1.12. The molecule has 0 fully saturated rings. The van der Waals surface area contributed by atoms with E-state index in [-0.39, 0.29) is 25.0 Å². The van der Waals surface area contributed by atoms with Gasteiger partial charge in [0.25, 0.3) is 11.8 Å². The SMILES string of the molecule is COc1ccc(OCCN2C(=O)C(Nc3ccc(C(C)C)cc3)=C(c3cccs3)C2=O)cc1. The van der Waals surface area contributed by atoms with E-state index in [0.717, 1.165) is 16.3 Å². The largest absolute Gasteiger partial charge is 0.497 e. The molecule has 0 saturated heterocycles. The molecule has 1 aliphatic rings. The van der Waals surface area contributed by atoms with Crippen LogP contribution in [0.1, 0.15) is 30.2 Å². The zero-order chi connectivity index (χ0) is 23.4. The second-order valence-corrected chi connectivity index (χ2v) is 8.86. The van der Waals surface area contributed by atoms with Crippen LogP contribution in [-0.4, -0.2) is 37.0 Å². The Morgan fingerprint density at radius 3 is 2.24 bits per heavy atom. The Hall–Kier alpha value is -3.58. The number of carbonyl (C=O) groups is 2. The number of nitrogens with zero attached hydrogens (tertiary/aromatic N) is 1. The molecular weight excluding hydrogens is 436 g/mol. The Morgan fingerprint density at radius 2 is 1.64 bits per heavy atom. The van der Waals surface area contributed by atoms with Crippen LogP contribution in [0.25, 0.3) is 5.57 Å². The molecule has 1 N–H and O–H groups in total. The maximum absolute atomic E-state index is 13.2. The monoisotopic (exact) mass is 462 g/mol. The second kappa shape index (κ2) is 9.92. The molecule has 0 bridgehead atoms. The fourth-order valence-electron chi connectivity index (χ4n) is 3.57. The highest BCUT2D eigenvalue weighted by molar-refractivity contribution is 7.11. The summed E-state index contributed by atoms with van der Waals surface area (Å²) in [7, 11) is 1.60. The van der Waals surface area contributed by atoms with Gasteiger partial charge in [-0.15, -0.1) is 11.3 Å². The summed E-state index contributed by atoms with van der Waals surface area (Å²) in [6.07, 6.45) is 0. The lowest BCUT2D eigenvalue weighted by Crippen LogP contribution is -2.35. The van der Waals surface area contributed by atoms with Crippen molar-refractivity contribution >= 4 is 34.4 Å². The molecular formula is C26H26N2O4S. The molecule has 0 aliphatic carbocycles. The molecule has 170 valence electrons. The molecule has 7 heteroatoms. The molecule has 3 aromatic rings. The van der Waals surface area contributed by atoms with E-state index in [4.69, 9.17) is 9.47 Å². The van der Waals surface area contributed by atoms with Crippen LogP contribution in [0.5, 0.6) is 11.5 Å². The van der Waals surface area contributed by atoms with Crippen LogP contribution in [0.3, 0.4) is 0 Å². The van der Waals surface area contributed by atoms with Gasteiger partial charge in [-0.2, -0.15) is 0 Å². The molecule has 0 saturated carbocycles. The predicted molar refractivity (Wildman–Crippen MR) is 131 cm³/mol. The number of amides is 2. The number of ether oxygens (including phenoxy) is 2. The molecule has 0 unspecified atom stereocenters. The summed E-state index contributed by atoms with van der Waals surface area (Å²) in [6, 6.07) is 18.8. The van der Waals surface area contributed by atoms with Crippen molar-refractivity contribution in [1.29, 1.82) is 0 Å². The quantitative estimate of drug-likeness (QED) is 0.446. The highest BCUT2D eigenvalue weighted by Gasteiger charge is 2.39. The first-order valence-electron chi connectivity index (χ1n) is 10.8. The summed E-state index contributed by atoms with van der Waals surface area (Å²) in [6.45, 7) is 4.60. The van der Waals surface area contributed by atoms with E-state index in [0.29, 0.717) is 22.9 Å². The fraction of sp³-hybridized carbons (Fsp3) is 0.231. The lowest BCUT2D eigenvalue weighted by atomic mass is 10.0. The lowest BCUT2D eigenvalue weighted by molar-refractivity contribution is -0.137. The number of carbonyl (C=O) groups excluding carboxylic acids is 2. The maximum Gasteiger partial charge on any atom is 0.278 e. The number of benzene rings is 2. The van der Waals surface area contributed by atoms with Crippen molar-refractivity contribution in [3.8, 4) is 11.5 Å². The Labute approximate surface area is 197 Å². The molecule has 1 aromatic heterocycles. The van der Waals surface area contributed by atoms with Crippen LogP contribution in [0.15, 0.2) is 71.7 Å². The van der Waals surface area contributed by atoms with Crippen molar-refractivity contribution in [3.05, 3.63) is 82.2 Å².